The summed E-state index contributed by atoms with van der Waals surface area (Å²) in [5.74, 6) is -0.403. The lowest BCUT2D eigenvalue weighted by atomic mass is 10.1. The third-order valence-electron chi connectivity index (χ3n) is 4.05. The zero-order valence-electron chi connectivity index (χ0n) is 14.8. The van der Waals surface area contributed by atoms with Gasteiger partial charge in [-0.25, -0.2) is 8.42 Å². The van der Waals surface area contributed by atoms with Gasteiger partial charge in [0.05, 0.1) is 10.5 Å². The minimum atomic E-state index is -4.00. The van der Waals surface area contributed by atoms with Gasteiger partial charge >= 0.3 is 5.97 Å². The van der Waals surface area contributed by atoms with E-state index in [0.717, 1.165) is 19.6 Å². The Hall–Kier alpha value is -2.73. The number of carbonyl (C=O) groups excluding carboxylic acids is 1. The third-order valence-corrected chi connectivity index (χ3v) is 6.41. The molecule has 0 spiro atoms. The lowest BCUT2D eigenvalue weighted by Crippen LogP contribution is -2.34. The zero-order valence-corrected chi connectivity index (χ0v) is 17.2. The van der Waals surface area contributed by atoms with Gasteiger partial charge in [0.25, 0.3) is 0 Å². The van der Waals surface area contributed by atoms with E-state index in [4.69, 9.17) is 10.00 Å². The van der Waals surface area contributed by atoms with Crippen molar-refractivity contribution >= 4 is 42.7 Å². The van der Waals surface area contributed by atoms with Crippen LogP contribution in [0.4, 0.5) is 0 Å². The number of likely N-dealkylation sites (N-methyl/N-ethyl adjacent to an activating group) is 1. The largest absolute Gasteiger partial charge is 0.426 e. The maximum absolute atomic E-state index is 12.7. The lowest BCUT2D eigenvalue weighted by Gasteiger charge is -2.17. The number of esters is 1. The van der Waals surface area contributed by atoms with E-state index in [9.17, 15) is 13.2 Å². The van der Waals surface area contributed by atoms with Crippen LogP contribution in [-0.2, 0) is 14.8 Å². The molecule has 0 N–H and O–H groups in total. The average molecular weight is 459 g/mol. The van der Waals surface area contributed by atoms with Gasteiger partial charge in [-0.3, -0.25) is 4.79 Å². The summed E-state index contributed by atoms with van der Waals surface area (Å²) in [5.41, 5.74) is 0.0170. The van der Waals surface area contributed by atoms with Crippen molar-refractivity contribution < 1.29 is 17.9 Å². The second-order valence-corrected chi connectivity index (χ2v) is 8.93. The lowest BCUT2D eigenvalue weighted by molar-refractivity contribution is -0.134. The van der Waals surface area contributed by atoms with Gasteiger partial charge in [-0.05, 0) is 47.2 Å². The fourth-order valence-electron chi connectivity index (χ4n) is 2.64. The summed E-state index contributed by atoms with van der Waals surface area (Å²) in [5, 5.41) is 11.0. The van der Waals surface area contributed by atoms with Gasteiger partial charge in [0.1, 0.15) is 18.4 Å². The molecule has 28 heavy (non-hydrogen) atoms. The summed E-state index contributed by atoms with van der Waals surface area (Å²) in [6, 6.07) is 18.5. The molecule has 0 heterocycles. The first kappa shape index (κ1) is 20.0. The van der Waals surface area contributed by atoms with Gasteiger partial charge < -0.3 is 4.74 Å². The normalized spacial score (nSPS) is 11.4. The monoisotopic (exact) mass is 458 g/mol. The Labute approximate surface area is 171 Å². The zero-order chi connectivity index (χ0) is 20.3. The highest BCUT2D eigenvalue weighted by Crippen LogP contribution is 2.24. The number of carbonyl (C=O) groups is 1. The molecular weight excluding hydrogens is 444 g/mol. The van der Waals surface area contributed by atoms with E-state index in [2.05, 4.69) is 15.9 Å². The molecule has 0 aliphatic carbocycles. The molecule has 0 bridgehead atoms. The first-order valence-electron chi connectivity index (χ1n) is 8.17. The molecule has 0 aromatic heterocycles. The molecular formula is C20H15BrN2O4S. The molecule has 142 valence electrons. The van der Waals surface area contributed by atoms with E-state index in [1.807, 2.05) is 30.3 Å². The van der Waals surface area contributed by atoms with Crippen LogP contribution in [-0.4, -0.2) is 32.3 Å². The van der Waals surface area contributed by atoms with Crippen molar-refractivity contribution in [2.45, 2.75) is 4.90 Å². The molecule has 0 unspecified atom stereocenters. The number of nitrogens with zero attached hydrogens (tertiary/aromatic N) is 2. The van der Waals surface area contributed by atoms with Gasteiger partial charge in [0.15, 0.2) is 0 Å². The minimum Gasteiger partial charge on any atom is -0.426 e. The maximum atomic E-state index is 12.7. The van der Waals surface area contributed by atoms with Crippen molar-refractivity contribution in [3.05, 3.63) is 70.7 Å². The number of halogens is 1. The van der Waals surface area contributed by atoms with Crippen LogP contribution in [0.1, 0.15) is 5.56 Å². The van der Waals surface area contributed by atoms with Gasteiger partial charge in [0.2, 0.25) is 10.0 Å². The molecule has 0 aliphatic rings. The molecule has 3 aromatic carbocycles. The number of sulfonamides is 1. The molecule has 0 saturated carbocycles. The molecule has 8 heteroatoms. The second-order valence-electron chi connectivity index (χ2n) is 6.00. The molecule has 0 fully saturated rings. The van der Waals surface area contributed by atoms with Crippen molar-refractivity contribution in [3.8, 4) is 11.8 Å². The van der Waals surface area contributed by atoms with E-state index in [0.29, 0.717) is 5.75 Å². The van der Waals surface area contributed by atoms with Crippen LogP contribution < -0.4 is 4.74 Å². The van der Waals surface area contributed by atoms with Crippen molar-refractivity contribution in [1.82, 2.24) is 4.31 Å². The Morgan fingerprint density at radius 1 is 1.11 bits per heavy atom. The van der Waals surface area contributed by atoms with Crippen molar-refractivity contribution in [3.63, 3.8) is 0 Å². The Bertz CT molecular complexity index is 1200. The smallest absolute Gasteiger partial charge is 0.326 e. The SMILES string of the molecule is CN(CC(=O)Oc1ccc2cc(Br)ccc2c1)S(=O)(=O)c1ccccc1C#N. The predicted octanol–water partition coefficient (Wildman–Crippen LogP) is 3.70. The van der Waals surface area contributed by atoms with E-state index < -0.39 is 22.5 Å². The Kier molecular flexibility index (Phi) is 5.79. The van der Waals surface area contributed by atoms with Gasteiger partial charge in [-0.2, -0.15) is 9.57 Å². The van der Waals surface area contributed by atoms with Crippen LogP contribution in [0.25, 0.3) is 10.8 Å². The highest BCUT2D eigenvalue weighted by Gasteiger charge is 2.26. The van der Waals surface area contributed by atoms with Crippen LogP contribution in [0.2, 0.25) is 0 Å². The van der Waals surface area contributed by atoms with E-state index in [-0.39, 0.29) is 10.5 Å². The van der Waals surface area contributed by atoms with Crippen LogP contribution in [0.5, 0.6) is 5.75 Å². The summed E-state index contributed by atoms with van der Waals surface area (Å²) in [4.78, 5) is 12.1. The van der Waals surface area contributed by atoms with Crippen molar-refractivity contribution in [2.24, 2.45) is 0 Å². The van der Waals surface area contributed by atoms with Gasteiger partial charge in [-0.1, -0.05) is 40.2 Å². The molecule has 3 rings (SSSR count). The number of ether oxygens (including phenoxy) is 1. The van der Waals surface area contributed by atoms with E-state index in [1.165, 1.54) is 25.2 Å². The summed E-state index contributed by atoms with van der Waals surface area (Å²) in [7, 11) is -2.74. The number of nitriles is 1. The Morgan fingerprint density at radius 2 is 1.79 bits per heavy atom. The summed E-state index contributed by atoms with van der Waals surface area (Å²) in [6.07, 6.45) is 0. The second kappa shape index (κ2) is 8.10. The number of fused-ring (bicyclic) bond motifs is 1. The summed E-state index contributed by atoms with van der Waals surface area (Å²) < 4.78 is 32.4. The number of hydrogen-bond acceptors (Lipinski definition) is 5. The summed E-state index contributed by atoms with van der Waals surface area (Å²) >= 11 is 3.40. The molecule has 0 aliphatic heterocycles. The predicted molar refractivity (Wildman–Crippen MR) is 108 cm³/mol. The van der Waals surface area contributed by atoms with Crippen molar-refractivity contribution in [1.29, 1.82) is 5.26 Å². The first-order valence-corrected chi connectivity index (χ1v) is 10.4. The van der Waals surface area contributed by atoms with Crippen LogP contribution in [0.15, 0.2) is 70.0 Å². The Morgan fingerprint density at radius 3 is 2.54 bits per heavy atom. The minimum absolute atomic E-state index is 0.0170. The molecule has 3 aromatic rings. The quantitative estimate of drug-likeness (QED) is 0.429. The molecule has 0 saturated heterocycles. The first-order chi connectivity index (χ1) is 13.3. The highest BCUT2D eigenvalue weighted by molar-refractivity contribution is 9.10. The highest BCUT2D eigenvalue weighted by atomic mass is 79.9. The van der Waals surface area contributed by atoms with Crippen LogP contribution >= 0.6 is 15.9 Å². The standard InChI is InChI=1S/C20H15BrN2O4S/c1-23(28(25,26)19-5-3-2-4-16(19)12-22)13-20(24)27-18-9-7-14-10-17(21)8-6-15(14)11-18/h2-11H,13H2,1H3. The number of rotatable bonds is 5. The fourth-order valence-corrected chi connectivity index (χ4v) is 4.27. The van der Waals surface area contributed by atoms with E-state index in [1.54, 1.807) is 18.2 Å². The molecule has 0 atom stereocenters. The van der Waals surface area contributed by atoms with Gasteiger partial charge in [0, 0.05) is 11.5 Å². The van der Waals surface area contributed by atoms with Crippen molar-refractivity contribution in [2.75, 3.05) is 13.6 Å². The number of hydrogen-bond donors (Lipinski definition) is 0. The third kappa shape index (κ3) is 4.22. The Balaban J connectivity index is 1.75. The van der Waals surface area contributed by atoms with E-state index >= 15 is 0 Å². The average Bonchev–Trinajstić information content (AvgIpc) is 2.67. The van der Waals surface area contributed by atoms with Crippen LogP contribution in [0.3, 0.4) is 0 Å². The fraction of sp³-hybridized carbons (Fsp3) is 0.100. The maximum Gasteiger partial charge on any atom is 0.326 e. The van der Waals surface area contributed by atoms with Gasteiger partial charge in [-0.15, -0.1) is 0 Å². The number of benzene rings is 3. The molecule has 0 radical (unpaired) electrons. The van der Waals surface area contributed by atoms with Crippen LogP contribution in [0, 0.1) is 11.3 Å². The summed E-state index contributed by atoms with van der Waals surface area (Å²) in [6.45, 7) is -0.486. The molecule has 6 nitrogen and oxygen atoms in total. The topological polar surface area (TPSA) is 87.5 Å². The molecule has 0 amide bonds.